The maximum atomic E-state index is 11.6. The molecule has 0 aromatic heterocycles. The lowest BCUT2D eigenvalue weighted by atomic mass is 10.1. The number of carbonyl (C=O) groups excluding carboxylic acids is 1. The van der Waals surface area contributed by atoms with Gasteiger partial charge >= 0.3 is 0 Å². The van der Waals surface area contributed by atoms with Crippen molar-refractivity contribution in [1.29, 1.82) is 0 Å². The summed E-state index contributed by atoms with van der Waals surface area (Å²) in [6.07, 6.45) is 0. The van der Waals surface area contributed by atoms with Gasteiger partial charge in [0.25, 0.3) is 5.91 Å². The Morgan fingerprint density at radius 2 is 2.29 bits per heavy atom. The summed E-state index contributed by atoms with van der Waals surface area (Å²) in [6, 6.07) is 7.69. The van der Waals surface area contributed by atoms with Gasteiger partial charge in [-0.15, -0.1) is 0 Å². The molecule has 0 unspecified atom stereocenters. The van der Waals surface area contributed by atoms with Gasteiger partial charge < -0.3 is 10.6 Å². The zero-order chi connectivity index (χ0) is 9.97. The number of carbonyl (C=O) groups is 1. The molecule has 1 aliphatic heterocycles. The van der Waals surface area contributed by atoms with Gasteiger partial charge in [0.15, 0.2) is 0 Å². The van der Waals surface area contributed by atoms with E-state index in [0.29, 0.717) is 11.6 Å². The molecule has 14 heavy (non-hydrogen) atoms. The first-order valence-electron chi connectivity index (χ1n) is 4.53. The van der Waals surface area contributed by atoms with E-state index in [1.54, 1.807) is 0 Å². The van der Waals surface area contributed by atoms with Gasteiger partial charge in [-0.05, 0) is 18.2 Å². The second kappa shape index (κ2) is 4.11. The molecule has 74 valence electrons. The predicted octanol–water partition coefficient (Wildman–Crippen LogP) is 1.15. The van der Waals surface area contributed by atoms with Crippen LogP contribution in [-0.4, -0.2) is 25.0 Å². The maximum absolute atomic E-state index is 11.6. The third-order valence-electron chi connectivity index (χ3n) is 2.20. The van der Waals surface area contributed by atoms with Crippen molar-refractivity contribution >= 4 is 21.8 Å². The first kappa shape index (κ1) is 9.68. The molecule has 0 bridgehead atoms. The number of hydrogen-bond donors (Lipinski definition) is 2. The highest BCUT2D eigenvalue weighted by atomic mass is 79.9. The van der Waals surface area contributed by atoms with Crippen molar-refractivity contribution in [2.75, 3.05) is 13.1 Å². The summed E-state index contributed by atoms with van der Waals surface area (Å²) in [4.78, 5) is 11.6. The van der Waals surface area contributed by atoms with Gasteiger partial charge in [-0.25, -0.2) is 0 Å². The van der Waals surface area contributed by atoms with Crippen molar-refractivity contribution < 1.29 is 4.79 Å². The fourth-order valence-corrected chi connectivity index (χ4v) is 1.69. The molecule has 1 saturated heterocycles. The number of rotatable bonds is 2. The number of benzene rings is 1. The zero-order valence-corrected chi connectivity index (χ0v) is 9.17. The highest BCUT2D eigenvalue weighted by Crippen LogP contribution is 2.11. The summed E-state index contributed by atoms with van der Waals surface area (Å²) >= 11 is 3.34. The molecule has 1 aliphatic rings. The number of hydrogen-bond acceptors (Lipinski definition) is 2. The smallest absolute Gasteiger partial charge is 0.251 e. The molecule has 2 rings (SSSR count). The second-order valence-corrected chi connectivity index (χ2v) is 4.25. The van der Waals surface area contributed by atoms with Crippen LogP contribution < -0.4 is 10.6 Å². The third kappa shape index (κ3) is 2.13. The minimum atomic E-state index is -0.00204. The highest BCUT2D eigenvalue weighted by molar-refractivity contribution is 9.10. The molecule has 3 nitrogen and oxygen atoms in total. The summed E-state index contributed by atoms with van der Waals surface area (Å²) < 4.78 is 0.928. The monoisotopic (exact) mass is 254 g/mol. The van der Waals surface area contributed by atoms with E-state index in [1.807, 2.05) is 24.3 Å². The van der Waals surface area contributed by atoms with Crippen LogP contribution >= 0.6 is 15.9 Å². The van der Waals surface area contributed by atoms with Crippen LogP contribution in [0, 0.1) is 0 Å². The average molecular weight is 255 g/mol. The first-order chi connectivity index (χ1) is 6.75. The van der Waals surface area contributed by atoms with Crippen LogP contribution in [-0.2, 0) is 0 Å². The molecule has 2 N–H and O–H groups in total. The lowest BCUT2D eigenvalue weighted by Gasteiger charge is -2.27. The summed E-state index contributed by atoms with van der Waals surface area (Å²) in [5, 5.41) is 6.04. The second-order valence-electron chi connectivity index (χ2n) is 3.34. The Morgan fingerprint density at radius 1 is 1.50 bits per heavy atom. The van der Waals surface area contributed by atoms with E-state index in [9.17, 15) is 4.79 Å². The Morgan fingerprint density at radius 3 is 2.86 bits per heavy atom. The molecule has 1 amide bonds. The van der Waals surface area contributed by atoms with Gasteiger partial charge in [0.05, 0.1) is 6.04 Å². The zero-order valence-electron chi connectivity index (χ0n) is 7.59. The van der Waals surface area contributed by atoms with Crippen LogP contribution in [0.2, 0.25) is 0 Å². The topological polar surface area (TPSA) is 41.1 Å². The van der Waals surface area contributed by atoms with Crippen LogP contribution in [0.3, 0.4) is 0 Å². The van der Waals surface area contributed by atoms with Gasteiger partial charge in [0.1, 0.15) is 0 Å². The fourth-order valence-electron chi connectivity index (χ4n) is 1.29. The van der Waals surface area contributed by atoms with Crippen molar-refractivity contribution in [3.8, 4) is 0 Å². The van der Waals surface area contributed by atoms with Crippen molar-refractivity contribution in [1.82, 2.24) is 10.6 Å². The minimum absolute atomic E-state index is 0.00204. The predicted molar refractivity (Wildman–Crippen MR) is 58.3 cm³/mol. The normalized spacial score (nSPS) is 16.1. The number of amides is 1. The highest BCUT2D eigenvalue weighted by Gasteiger charge is 2.19. The van der Waals surface area contributed by atoms with Crippen molar-refractivity contribution in [3.05, 3.63) is 34.3 Å². The molecule has 1 aromatic rings. The van der Waals surface area contributed by atoms with Crippen molar-refractivity contribution in [3.63, 3.8) is 0 Å². The van der Waals surface area contributed by atoms with E-state index >= 15 is 0 Å². The van der Waals surface area contributed by atoms with Crippen molar-refractivity contribution in [2.45, 2.75) is 6.04 Å². The molecule has 1 aromatic carbocycles. The third-order valence-corrected chi connectivity index (χ3v) is 2.70. The Bertz CT molecular complexity index is 350. The van der Waals surface area contributed by atoms with E-state index < -0.39 is 0 Å². The average Bonchev–Trinajstić information content (AvgIpc) is 2.11. The largest absolute Gasteiger partial charge is 0.347 e. The number of nitrogens with one attached hydrogen (secondary N) is 2. The van der Waals surface area contributed by atoms with Gasteiger partial charge in [0, 0.05) is 23.1 Å². The van der Waals surface area contributed by atoms with Crippen LogP contribution in [0.25, 0.3) is 0 Å². The van der Waals surface area contributed by atoms with Crippen LogP contribution in [0.5, 0.6) is 0 Å². The Balaban J connectivity index is 2.02. The fraction of sp³-hybridized carbons (Fsp3) is 0.300. The van der Waals surface area contributed by atoms with Gasteiger partial charge in [-0.2, -0.15) is 0 Å². The summed E-state index contributed by atoms with van der Waals surface area (Å²) in [5.41, 5.74) is 0.700. The number of halogens is 1. The van der Waals surface area contributed by atoms with Gasteiger partial charge in [-0.1, -0.05) is 22.0 Å². The lowest BCUT2D eigenvalue weighted by Crippen LogP contribution is -2.56. The molecular weight excluding hydrogens is 244 g/mol. The maximum Gasteiger partial charge on any atom is 0.251 e. The molecule has 4 heteroatoms. The standard InChI is InChI=1S/C10H11BrN2O/c11-8-3-1-2-7(4-8)10(14)13-9-5-12-6-9/h1-4,9,12H,5-6H2,(H,13,14). The first-order valence-corrected chi connectivity index (χ1v) is 5.32. The lowest BCUT2D eigenvalue weighted by molar-refractivity contribution is 0.0924. The van der Waals surface area contributed by atoms with E-state index in [4.69, 9.17) is 0 Å². The van der Waals surface area contributed by atoms with E-state index in [2.05, 4.69) is 26.6 Å². The molecular formula is C10H11BrN2O. The van der Waals surface area contributed by atoms with Crippen molar-refractivity contribution in [2.24, 2.45) is 0 Å². The Labute approximate surface area is 91.0 Å². The van der Waals surface area contributed by atoms with Crippen LogP contribution in [0.1, 0.15) is 10.4 Å². The van der Waals surface area contributed by atoms with E-state index in [0.717, 1.165) is 17.6 Å². The molecule has 0 spiro atoms. The Kier molecular flexibility index (Phi) is 2.84. The SMILES string of the molecule is O=C(NC1CNC1)c1cccc(Br)c1. The summed E-state index contributed by atoms with van der Waals surface area (Å²) in [7, 11) is 0. The summed E-state index contributed by atoms with van der Waals surface area (Å²) in [5.74, 6) is -0.00204. The quantitative estimate of drug-likeness (QED) is 0.832. The summed E-state index contributed by atoms with van der Waals surface area (Å²) in [6.45, 7) is 1.75. The Hall–Kier alpha value is -0.870. The van der Waals surface area contributed by atoms with Crippen LogP contribution in [0.15, 0.2) is 28.7 Å². The van der Waals surface area contributed by atoms with Gasteiger partial charge in [-0.3, -0.25) is 4.79 Å². The van der Waals surface area contributed by atoms with E-state index in [-0.39, 0.29) is 5.91 Å². The molecule has 0 saturated carbocycles. The minimum Gasteiger partial charge on any atom is -0.347 e. The molecule has 0 atom stereocenters. The van der Waals surface area contributed by atoms with E-state index in [1.165, 1.54) is 0 Å². The molecule has 0 aliphatic carbocycles. The molecule has 0 radical (unpaired) electrons. The molecule has 1 heterocycles. The molecule has 1 fully saturated rings. The van der Waals surface area contributed by atoms with Gasteiger partial charge in [0.2, 0.25) is 0 Å². The van der Waals surface area contributed by atoms with Crippen LogP contribution in [0.4, 0.5) is 0 Å².